The fraction of sp³-hybridized carbons (Fsp3) is 0.611. The molecule has 3 rings (SSSR count). The van der Waals surface area contributed by atoms with Gasteiger partial charge in [-0.3, -0.25) is 4.79 Å². The largest absolute Gasteiger partial charge is 0.379 e. The number of sulfonamides is 1. The minimum atomic E-state index is -3.39. The summed E-state index contributed by atoms with van der Waals surface area (Å²) in [6, 6.07) is 7.40. The third-order valence-electron chi connectivity index (χ3n) is 4.94. The topological polar surface area (TPSA) is 87.7 Å². The average molecular weight is 418 g/mol. The molecule has 2 fully saturated rings. The third-order valence-corrected chi connectivity index (χ3v) is 6.77. The fourth-order valence-corrected chi connectivity index (χ4v) is 4.95. The van der Waals surface area contributed by atoms with Gasteiger partial charge in [0.15, 0.2) is 0 Å². The highest BCUT2D eigenvalue weighted by atomic mass is 35.5. The van der Waals surface area contributed by atoms with Crippen molar-refractivity contribution in [3.63, 3.8) is 0 Å². The molecule has 2 N–H and O–H groups in total. The molecule has 0 aromatic heterocycles. The van der Waals surface area contributed by atoms with Crippen LogP contribution in [0.2, 0.25) is 0 Å². The van der Waals surface area contributed by atoms with Crippen molar-refractivity contribution in [3.05, 3.63) is 35.4 Å². The second-order valence-electron chi connectivity index (χ2n) is 6.80. The SMILES string of the molecule is Cl.O=C(NCc1ccccc1CS(=O)(=O)N1CCOCC1)C1CCCNC1. The standard InChI is InChI=1S/C18H27N3O4S.ClH/c22-18(16-6-3-7-19-12-16)20-13-15-4-1-2-5-17(15)14-26(23,24)21-8-10-25-11-9-21;/h1-2,4-5,16,19H,3,6-14H2,(H,20,22);1H. The predicted molar refractivity (Wildman–Crippen MR) is 106 cm³/mol. The van der Waals surface area contributed by atoms with E-state index in [0.717, 1.165) is 30.5 Å². The Morgan fingerprint density at radius 1 is 1.22 bits per heavy atom. The van der Waals surface area contributed by atoms with Gasteiger partial charge in [-0.25, -0.2) is 8.42 Å². The van der Waals surface area contributed by atoms with E-state index in [1.54, 1.807) is 0 Å². The highest BCUT2D eigenvalue weighted by Gasteiger charge is 2.26. The van der Waals surface area contributed by atoms with Crippen molar-refractivity contribution in [3.8, 4) is 0 Å². The number of carbonyl (C=O) groups is 1. The molecule has 2 saturated heterocycles. The number of hydrogen-bond donors (Lipinski definition) is 2. The number of benzene rings is 1. The van der Waals surface area contributed by atoms with Crippen LogP contribution in [0.15, 0.2) is 24.3 Å². The number of morpholine rings is 1. The molecule has 0 radical (unpaired) electrons. The summed E-state index contributed by atoms with van der Waals surface area (Å²) in [6.45, 7) is 3.69. The molecule has 152 valence electrons. The number of hydrogen-bond acceptors (Lipinski definition) is 5. The number of piperidine rings is 1. The van der Waals surface area contributed by atoms with E-state index in [2.05, 4.69) is 10.6 Å². The molecule has 2 heterocycles. The molecule has 1 aromatic carbocycles. The molecule has 1 aromatic rings. The van der Waals surface area contributed by atoms with E-state index < -0.39 is 10.0 Å². The molecular formula is C18H28ClN3O4S. The van der Waals surface area contributed by atoms with E-state index in [4.69, 9.17) is 4.74 Å². The van der Waals surface area contributed by atoms with E-state index in [9.17, 15) is 13.2 Å². The molecule has 1 amide bonds. The summed E-state index contributed by atoms with van der Waals surface area (Å²) in [5.74, 6) is -0.0275. The van der Waals surface area contributed by atoms with E-state index in [0.29, 0.717) is 39.4 Å². The second kappa shape index (κ2) is 10.4. The maximum atomic E-state index is 12.7. The first-order chi connectivity index (χ1) is 12.6. The lowest BCUT2D eigenvalue weighted by molar-refractivity contribution is -0.125. The van der Waals surface area contributed by atoms with Gasteiger partial charge in [0.05, 0.1) is 24.9 Å². The zero-order chi connectivity index (χ0) is 18.4. The quantitative estimate of drug-likeness (QED) is 0.717. The minimum Gasteiger partial charge on any atom is -0.379 e. The maximum Gasteiger partial charge on any atom is 0.224 e. The lowest BCUT2D eigenvalue weighted by Gasteiger charge is -2.26. The van der Waals surface area contributed by atoms with E-state index in [-0.39, 0.29) is 30.0 Å². The van der Waals surface area contributed by atoms with Crippen LogP contribution in [0.3, 0.4) is 0 Å². The zero-order valence-electron chi connectivity index (χ0n) is 15.4. The second-order valence-corrected chi connectivity index (χ2v) is 8.77. The van der Waals surface area contributed by atoms with Gasteiger partial charge in [-0.2, -0.15) is 4.31 Å². The Labute approximate surface area is 167 Å². The van der Waals surface area contributed by atoms with Crippen LogP contribution in [-0.2, 0) is 31.9 Å². The van der Waals surface area contributed by atoms with Gasteiger partial charge in [0.2, 0.25) is 15.9 Å². The Balaban J connectivity index is 0.00000261. The molecule has 0 saturated carbocycles. The number of rotatable bonds is 6. The smallest absolute Gasteiger partial charge is 0.224 e. The normalized spacial score (nSPS) is 21.3. The van der Waals surface area contributed by atoms with Crippen LogP contribution in [0.4, 0.5) is 0 Å². The number of nitrogens with zero attached hydrogens (tertiary/aromatic N) is 1. The summed E-state index contributed by atoms with van der Waals surface area (Å²) in [4.78, 5) is 12.3. The molecule has 2 aliphatic heterocycles. The monoisotopic (exact) mass is 417 g/mol. The Bertz CT molecular complexity index is 717. The Kier molecular flexibility index (Phi) is 8.50. The maximum absolute atomic E-state index is 12.7. The molecule has 0 bridgehead atoms. The van der Waals surface area contributed by atoms with Crippen LogP contribution < -0.4 is 10.6 Å². The average Bonchev–Trinajstić information content (AvgIpc) is 2.68. The molecule has 7 nitrogen and oxygen atoms in total. The van der Waals surface area contributed by atoms with Crippen LogP contribution >= 0.6 is 12.4 Å². The van der Waals surface area contributed by atoms with Crippen molar-refractivity contribution in [2.75, 3.05) is 39.4 Å². The summed E-state index contributed by atoms with van der Waals surface area (Å²) in [7, 11) is -3.39. The van der Waals surface area contributed by atoms with Gasteiger partial charge >= 0.3 is 0 Å². The molecule has 27 heavy (non-hydrogen) atoms. The Hall–Kier alpha value is -1.19. The van der Waals surface area contributed by atoms with Crippen molar-refractivity contribution in [2.24, 2.45) is 5.92 Å². The number of nitrogens with one attached hydrogen (secondary N) is 2. The first-order valence-electron chi connectivity index (χ1n) is 9.17. The summed E-state index contributed by atoms with van der Waals surface area (Å²) in [5.41, 5.74) is 1.59. The summed E-state index contributed by atoms with van der Waals surface area (Å²) < 4.78 is 32.1. The van der Waals surface area contributed by atoms with Gasteiger partial charge < -0.3 is 15.4 Å². The third kappa shape index (κ3) is 6.15. The first kappa shape index (κ1) is 22.1. The summed E-state index contributed by atoms with van der Waals surface area (Å²) in [5, 5.41) is 6.20. The summed E-state index contributed by atoms with van der Waals surface area (Å²) in [6.07, 6.45) is 1.90. The molecule has 2 aliphatic rings. The van der Waals surface area contributed by atoms with Gasteiger partial charge in [0.25, 0.3) is 0 Å². The van der Waals surface area contributed by atoms with Gasteiger partial charge in [0, 0.05) is 26.2 Å². The fourth-order valence-electron chi connectivity index (χ4n) is 3.39. The Morgan fingerprint density at radius 2 is 1.93 bits per heavy atom. The van der Waals surface area contributed by atoms with Crippen LogP contribution in [0, 0.1) is 5.92 Å². The van der Waals surface area contributed by atoms with Crippen LogP contribution in [0.25, 0.3) is 0 Å². The Morgan fingerprint density at radius 3 is 2.59 bits per heavy atom. The zero-order valence-corrected chi connectivity index (χ0v) is 17.0. The van der Waals surface area contributed by atoms with Gasteiger partial charge in [-0.05, 0) is 30.5 Å². The van der Waals surface area contributed by atoms with Crippen molar-refractivity contribution in [2.45, 2.75) is 25.1 Å². The van der Waals surface area contributed by atoms with Gasteiger partial charge in [0.1, 0.15) is 0 Å². The lowest BCUT2D eigenvalue weighted by Crippen LogP contribution is -2.41. The first-order valence-corrected chi connectivity index (χ1v) is 10.8. The number of ether oxygens (including phenoxy) is 1. The molecule has 9 heteroatoms. The van der Waals surface area contributed by atoms with Crippen LogP contribution in [0.1, 0.15) is 24.0 Å². The molecular weight excluding hydrogens is 390 g/mol. The highest BCUT2D eigenvalue weighted by Crippen LogP contribution is 2.17. The van der Waals surface area contributed by atoms with Crippen LogP contribution in [0.5, 0.6) is 0 Å². The number of halogens is 1. The summed E-state index contributed by atoms with van der Waals surface area (Å²) >= 11 is 0. The molecule has 0 spiro atoms. The van der Waals surface area contributed by atoms with E-state index in [1.807, 2.05) is 24.3 Å². The van der Waals surface area contributed by atoms with Crippen molar-refractivity contribution in [1.82, 2.24) is 14.9 Å². The molecule has 1 atom stereocenters. The minimum absolute atomic E-state index is 0. The highest BCUT2D eigenvalue weighted by molar-refractivity contribution is 7.88. The van der Waals surface area contributed by atoms with E-state index in [1.165, 1.54) is 4.31 Å². The van der Waals surface area contributed by atoms with Gasteiger partial charge in [-0.1, -0.05) is 24.3 Å². The van der Waals surface area contributed by atoms with Crippen molar-refractivity contribution < 1.29 is 17.9 Å². The van der Waals surface area contributed by atoms with Crippen molar-refractivity contribution in [1.29, 1.82) is 0 Å². The van der Waals surface area contributed by atoms with E-state index >= 15 is 0 Å². The van der Waals surface area contributed by atoms with Crippen LogP contribution in [-0.4, -0.2) is 58.0 Å². The molecule has 0 aliphatic carbocycles. The van der Waals surface area contributed by atoms with Crippen molar-refractivity contribution >= 4 is 28.3 Å². The molecule has 1 unspecified atom stereocenters. The number of carbonyl (C=O) groups excluding carboxylic acids is 1. The number of amides is 1. The predicted octanol–water partition coefficient (Wildman–Crippen LogP) is 0.886. The van der Waals surface area contributed by atoms with Gasteiger partial charge in [-0.15, -0.1) is 12.4 Å². The lowest BCUT2D eigenvalue weighted by atomic mass is 9.98.